The van der Waals surface area contributed by atoms with Crippen LogP contribution in [0.5, 0.6) is 0 Å². The number of carbonyl (C=O) groups is 1. The molecule has 0 radical (unpaired) electrons. The monoisotopic (exact) mass is 340 g/mol. The normalized spacial score (nSPS) is 23.6. The highest BCUT2D eigenvalue weighted by Crippen LogP contribution is 2.27. The number of nitrogens with zero attached hydrogens (tertiary/aromatic N) is 2. The van der Waals surface area contributed by atoms with Crippen molar-refractivity contribution >= 4 is 37.2 Å². The van der Waals surface area contributed by atoms with E-state index in [9.17, 15) is 21.6 Å². The Morgan fingerprint density at radius 2 is 2.20 bits per heavy atom. The predicted octanol–water partition coefficient (Wildman–Crippen LogP) is -0.351. The molecule has 8 nitrogen and oxygen atoms in total. The van der Waals surface area contributed by atoms with E-state index in [0.717, 1.165) is 9.82 Å². The van der Waals surface area contributed by atoms with E-state index in [1.807, 2.05) is 0 Å². The molecule has 112 valence electrons. The zero-order valence-corrected chi connectivity index (χ0v) is 12.8. The van der Waals surface area contributed by atoms with Crippen molar-refractivity contribution in [3.8, 4) is 0 Å². The SMILES string of the molecule is CC1CS(=O)(=O)CCN1S(=O)(=O)c1scnc1C(=O)O. The van der Waals surface area contributed by atoms with Crippen LogP contribution in [0.15, 0.2) is 9.72 Å². The number of rotatable bonds is 3. The van der Waals surface area contributed by atoms with Crippen molar-refractivity contribution < 1.29 is 26.7 Å². The summed E-state index contributed by atoms with van der Waals surface area (Å²) in [5.74, 6) is -1.97. The van der Waals surface area contributed by atoms with Crippen molar-refractivity contribution in [2.45, 2.75) is 17.2 Å². The van der Waals surface area contributed by atoms with Gasteiger partial charge in [-0.15, -0.1) is 11.3 Å². The summed E-state index contributed by atoms with van der Waals surface area (Å²) in [6.45, 7) is 1.30. The van der Waals surface area contributed by atoms with Crippen molar-refractivity contribution in [2.24, 2.45) is 0 Å². The summed E-state index contributed by atoms with van der Waals surface area (Å²) in [6, 6.07) is -0.734. The number of carboxylic acids is 1. The fourth-order valence-corrected chi connectivity index (χ4v) is 6.66. The fraction of sp³-hybridized carbons (Fsp3) is 0.556. The predicted molar refractivity (Wildman–Crippen MR) is 71.1 cm³/mol. The van der Waals surface area contributed by atoms with Crippen molar-refractivity contribution in [3.63, 3.8) is 0 Å². The third-order valence-corrected chi connectivity index (χ3v) is 8.05. The Bertz CT molecular complexity index is 735. The third kappa shape index (κ3) is 2.71. The quantitative estimate of drug-likeness (QED) is 0.798. The van der Waals surface area contributed by atoms with E-state index in [1.165, 1.54) is 6.92 Å². The second-order valence-corrected chi connectivity index (χ2v) is 9.54. The number of carboxylic acid groups (broad SMARTS) is 1. The van der Waals surface area contributed by atoms with Crippen LogP contribution in [0.4, 0.5) is 0 Å². The summed E-state index contributed by atoms with van der Waals surface area (Å²) in [5.41, 5.74) is 0.609. The van der Waals surface area contributed by atoms with Crippen LogP contribution in [0.1, 0.15) is 17.4 Å². The summed E-state index contributed by atoms with van der Waals surface area (Å²) in [7, 11) is -7.30. The molecule has 0 spiro atoms. The number of aromatic nitrogens is 1. The average molecular weight is 340 g/mol. The van der Waals surface area contributed by atoms with Gasteiger partial charge in [0.25, 0.3) is 10.0 Å². The molecule has 0 amide bonds. The van der Waals surface area contributed by atoms with E-state index in [1.54, 1.807) is 0 Å². The van der Waals surface area contributed by atoms with Crippen LogP contribution in [0, 0.1) is 0 Å². The summed E-state index contributed by atoms with van der Waals surface area (Å²) >= 11 is 0.709. The van der Waals surface area contributed by atoms with Gasteiger partial charge in [-0.05, 0) is 6.92 Å². The first-order valence-electron chi connectivity index (χ1n) is 5.54. The minimum absolute atomic E-state index is 0.178. The standard InChI is InChI=1S/C9H12N2O6S3/c1-6-4-19(14,15)3-2-11(6)20(16,17)9-7(8(12)13)10-5-18-9/h5-6H,2-4H2,1H3,(H,12,13). The highest BCUT2D eigenvalue weighted by Gasteiger charge is 2.39. The molecule has 1 N–H and O–H groups in total. The zero-order chi connectivity index (χ0) is 15.1. The molecule has 1 atom stereocenters. The Labute approximate surface area is 120 Å². The maximum absolute atomic E-state index is 12.4. The van der Waals surface area contributed by atoms with Gasteiger partial charge >= 0.3 is 5.97 Å². The summed E-state index contributed by atoms with van der Waals surface area (Å²) < 4.78 is 48.5. The zero-order valence-electron chi connectivity index (χ0n) is 10.4. The van der Waals surface area contributed by atoms with Crippen LogP contribution in [0.2, 0.25) is 0 Å². The molecular weight excluding hydrogens is 328 g/mol. The Morgan fingerprint density at radius 1 is 1.55 bits per heavy atom. The molecule has 1 aromatic heterocycles. The van der Waals surface area contributed by atoms with Crippen molar-refractivity contribution in [1.29, 1.82) is 0 Å². The molecule has 0 bridgehead atoms. The van der Waals surface area contributed by atoms with Gasteiger partial charge in [0.05, 0.1) is 17.0 Å². The topological polar surface area (TPSA) is 122 Å². The first kappa shape index (κ1) is 15.4. The minimum Gasteiger partial charge on any atom is -0.476 e. The lowest BCUT2D eigenvalue weighted by Gasteiger charge is -2.31. The molecule has 11 heteroatoms. The largest absolute Gasteiger partial charge is 0.476 e. The van der Waals surface area contributed by atoms with Crippen LogP contribution in [0.3, 0.4) is 0 Å². The summed E-state index contributed by atoms with van der Waals surface area (Å²) in [5, 5.41) is 8.93. The van der Waals surface area contributed by atoms with E-state index in [2.05, 4.69) is 4.98 Å². The Kier molecular flexibility index (Phi) is 3.88. The van der Waals surface area contributed by atoms with Crippen LogP contribution in [-0.2, 0) is 19.9 Å². The first-order valence-corrected chi connectivity index (χ1v) is 9.68. The Balaban J connectivity index is 2.41. The highest BCUT2D eigenvalue weighted by atomic mass is 32.2. The van der Waals surface area contributed by atoms with Gasteiger partial charge in [-0.1, -0.05) is 0 Å². The van der Waals surface area contributed by atoms with Gasteiger partial charge in [0.15, 0.2) is 19.7 Å². The highest BCUT2D eigenvalue weighted by molar-refractivity contribution is 7.92. The van der Waals surface area contributed by atoms with Crippen LogP contribution in [-0.4, -0.2) is 61.3 Å². The van der Waals surface area contributed by atoms with Crippen LogP contribution in [0.25, 0.3) is 0 Å². The lowest BCUT2D eigenvalue weighted by molar-refractivity contribution is 0.0687. The maximum atomic E-state index is 12.4. The molecule has 1 fully saturated rings. The Morgan fingerprint density at radius 3 is 2.75 bits per heavy atom. The Hall–Kier alpha value is -1.04. The molecule has 0 saturated carbocycles. The second kappa shape index (κ2) is 5.06. The van der Waals surface area contributed by atoms with E-state index in [0.29, 0.717) is 11.3 Å². The van der Waals surface area contributed by atoms with Crippen LogP contribution < -0.4 is 0 Å². The van der Waals surface area contributed by atoms with Crippen molar-refractivity contribution in [2.75, 3.05) is 18.1 Å². The number of hydrogen-bond acceptors (Lipinski definition) is 7. The van der Waals surface area contributed by atoms with Crippen molar-refractivity contribution in [3.05, 3.63) is 11.2 Å². The molecule has 1 unspecified atom stereocenters. The molecule has 1 aliphatic rings. The van der Waals surface area contributed by atoms with Gasteiger partial charge in [-0.25, -0.2) is 26.6 Å². The molecule has 0 aliphatic carbocycles. The number of aromatic carboxylic acids is 1. The van der Waals surface area contributed by atoms with Gasteiger partial charge < -0.3 is 5.11 Å². The molecule has 1 aromatic rings. The second-order valence-electron chi connectivity index (χ2n) is 4.37. The molecule has 1 aliphatic heterocycles. The van der Waals surface area contributed by atoms with Gasteiger partial charge in [0, 0.05) is 12.6 Å². The average Bonchev–Trinajstić information content (AvgIpc) is 2.76. The molecule has 1 saturated heterocycles. The van der Waals surface area contributed by atoms with Gasteiger partial charge in [0.2, 0.25) is 0 Å². The first-order chi connectivity index (χ1) is 9.15. The molecule has 0 aromatic carbocycles. The number of thiazole rings is 1. The lowest BCUT2D eigenvalue weighted by atomic mass is 10.4. The molecule has 20 heavy (non-hydrogen) atoms. The van der Waals surface area contributed by atoms with Gasteiger partial charge in [-0.3, -0.25) is 0 Å². The van der Waals surface area contributed by atoms with Gasteiger partial charge in [-0.2, -0.15) is 4.31 Å². The minimum atomic E-state index is -4.05. The fourth-order valence-electron chi connectivity index (χ4n) is 2.01. The van der Waals surface area contributed by atoms with Crippen molar-refractivity contribution in [1.82, 2.24) is 9.29 Å². The lowest BCUT2D eigenvalue weighted by Crippen LogP contribution is -2.49. The summed E-state index contributed by atoms with van der Waals surface area (Å²) in [4.78, 5) is 14.5. The van der Waals surface area contributed by atoms with E-state index < -0.39 is 37.6 Å². The summed E-state index contributed by atoms with van der Waals surface area (Å²) in [6.07, 6.45) is 0. The van der Waals surface area contributed by atoms with E-state index >= 15 is 0 Å². The maximum Gasteiger partial charge on any atom is 0.356 e. The third-order valence-electron chi connectivity index (χ3n) is 2.89. The van der Waals surface area contributed by atoms with Crippen LogP contribution >= 0.6 is 11.3 Å². The smallest absolute Gasteiger partial charge is 0.356 e. The molecular formula is C9H12N2O6S3. The number of sulfonamides is 1. The van der Waals surface area contributed by atoms with Gasteiger partial charge in [0.1, 0.15) is 0 Å². The molecule has 2 rings (SSSR count). The number of hydrogen-bond donors (Lipinski definition) is 1. The van der Waals surface area contributed by atoms with E-state index in [4.69, 9.17) is 5.11 Å². The molecule has 2 heterocycles. The number of sulfone groups is 1. The van der Waals surface area contributed by atoms with E-state index in [-0.39, 0.29) is 22.3 Å².